The third-order valence-corrected chi connectivity index (χ3v) is 5.53. The number of benzene rings is 1. The Labute approximate surface area is 155 Å². The fourth-order valence-corrected chi connectivity index (χ4v) is 4.17. The van der Waals surface area contributed by atoms with Crippen molar-refractivity contribution in [3.63, 3.8) is 0 Å². The summed E-state index contributed by atoms with van der Waals surface area (Å²) in [7, 11) is 0. The number of ether oxygens (including phenoxy) is 2. The van der Waals surface area contributed by atoms with E-state index in [-0.39, 0.29) is 18.3 Å². The normalized spacial score (nSPS) is 24.8. The van der Waals surface area contributed by atoms with Gasteiger partial charge < -0.3 is 14.4 Å². The molecule has 0 aliphatic carbocycles. The van der Waals surface area contributed by atoms with Gasteiger partial charge in [-0.05, 0) is 46.7 Å². The highest BCUT2D eigenvalue weighted by atomic mass is 32.1. The van der Waals surface area contributed by atoms with Crippen LogP contribution >= 0.6 is 11.3 Å². The van der Waals surface area contributed by atoms with E-state index in [0.29, 0.717) is 32.0 Å². The van der Waals surface area contributed by atoms with Crippen molar-refractivity contribution in [3.8, 4) is 0 Å². The molecule has 0 N–H and O–H groups in total. The summed E-state index contributed by atoms with van der Waals surface area (Å²) >= 11 is 1.69. The Morgan fingerprint density at radius 1 is 1.19 bits per heavy atom. The van der Waals surface area contributed by atoms with Crippen LogP contribution in [0.5, 0.6) is 0 Å². The number of thiophene rings is 1. The molecule has 0 saturated carbocycles. The summed E-state index contributed by atoms with van der Waals surface area (Å²) in [6.45, 7) is 3.84. The molecule has 1 amide bonds. The third kappa shape index (κ3) is 3.81. The van der Waals surface area contributed by atoms with Crippen LogP contribution in [0.2, 0.25) is 0 Å². The maximum absolute atomic E-state index is 13.2. The van der Waals surface area contributed by atoms with E-state index in [2.05, 4.69) is 21.7 Å². The molecular weight excluding hydrogens is 355 g/mol. The smallest absolute Gasteiger partial charge is 0.253 e. The predicted octanol–water partition coefficient (Wildman–Crippen LogP) is 2.52. The van der Waals surface area contributed by atoms with Gasteiger partial charge in [0.15, 0.2) is 0 Å². The number of carbonyl (C=O) groups excluding carboxylic acids is 1. The zero-order valence-corrected chi connectivity index (χ0v) is 15.2. The molecule has 26 heavy (non-hydrogen) atoms. The molecule has 2 aromatic rings. The molecule has 1 aromatic carbocycles. The van der Waals surface area contributed by atoms with Crippen molar-refractivity contribution in [2.45, 2.75) is 12.1 Å². The van der Waals surface area contributed by atoms with Crippen LogP contribution in [-0.4, -0.2) is 55.9 Å². The topological polar surface area (TPSA) is 42.0 Å². The second-order valence-electron chi connectivity index (χ2n) is 6.82. The molecular formula is C19H21FN2O3S. The highest BCUT2D eigenvalue weighted by molar-refractivity contribution is 7.07. The maximum atomic E-state index is 13.2. The first-order valence-corrected chi connectivity index (χ1v) is 9.59. The number of morpholine rings is 1. The molecule has 1 aromatic heterocycles. The van der Waals surface area contributed by atoms with E-state index >= 15 is 0 Å². The van der Waals surface area contributed by atoms with Crippen molar-refractivity contribution in [2.24, 2.45) is 0 Å². The Morgan fingerprint density at radius 3 is 2.81 bits per heavy atom. The van der Waals surface area contributed by atoms with Gasteiger partial charge in [0.25, 0.3) is 5.91 Å². The third-order valence-electron chi connectivity index (χ3n) is 4.80. The lowest BCUT2D eigenvalue weighted by atomic mass is 10.0. The standard InChI is InChI=1S/C19H21FN2O3S/c20-16-1-3-17(4-2-16)22-13-19(25-10-18(22)23)12-21(6-7-24-14-19)9-15-5-8-26-11-15/h1-5,8,11H,6-7,9-10,12-14H2/t19-/m0/s1. The minimum Gasteiger partial charge on any atom is -0.377 e. The number of anilines is 1. The van der Waals surface area contributed by atoms with Crippen molar-refractivity contribution in [3.05, 3.63) is 52.5 Å². The van der Waals surface area contributed by atoms with Gasteiger partial charge in [-0.15, -0.1) is 0 Å². The molecule has 2 aliphatic rings. The van der Waals surface area contributed by atoms with Crippen LogP contribution < -0.4 is 4.90 Å². The van der Waals surface area contributed by atoms with Crippen LogP contribution in [0, 0.1) is 5.82 Å². The molecule has 4 rings (SSSR count). The van der Waals surface area contributed by atoms with E-state index in [1.807, 2.05) is 0 Å². The van der Waals surface area contributed by atoms with Gasteiger partial charge in [-0.1, -0.05) is 0 Å². The molecule has 0 unspecified atom stereocenters. The number of nitrogens with zero attached hydrogens (tertiary/aromatic N) is 2. The van der Waals surface area contributed by atoms with Gasteiger partial charge in [0.1, 0.15) is 18.0 Å². The number of hydrogen-bond acceptors (Lipinski definition) is 5. The van der Waals surface area contributed by atoms with Gasteiger partial charge in [0.2, 0.25) is 0 Å². The van der Waals surface area contributed by atoms with Crippen LogP contribution in [0.4, 0.5) is 10.1 Å². The monoisotopic (exact) mass is 376 g/mol. The first-order valence-electron chi connectivity index (χ1n) is 8.65. The summed E-state index contributed by atoms with van der Waals surface area (Å²) < 4.78 is 25.0. The summed E-state index contributed by atoms with van der Waals surface area (Å²) in [6, 6.07) is 8.13. The van der Waals surface area contributed by atoms with Crippen molar-refractivity contribution in [1.82, 2.24) is 4.90 Å². The average molecular weight is 376 g/mol. The van der Waals surface area contributed by atoms with E-state index in [0.717, 1.165) is 13.1 Å². The van der Waals surface area contributed by atoms with Crippen molar-refractivity contribution < 1.29 is 18.7 Å². The van der Waals surface area contributed by atoms with Crippen molar-refractivity contribution in [1.29, 1.82) is 0 Å². The van der Waals surface area contributed by atoms with E-state index in [1.165, 1.54) is 17.7 Å². The van der Waals surface area contributed by atoms with Crippen LogP contribution in [0.15, 0.2) is 41.1 Å². The lowest BCUT2D eigenvalue weighted by Crippen LogP contribution is -2.60. The lowest BCUT2D eigenvalue weighted by molar-refractivity contribution is -0.146. The number of amides is 1. The van der Waals surface area contributed by atoms with E-state index in [4.69, 9.17) is 9.47 Å². The van der Waals surface area contributed by atoms with E-state index in [1.54, 1.807) is 28.4 Å². The molecule has 2 fully saturated rings. The maximum Gasteiger partial charge on any atom is 0.253 e. The summed E-state index contributed by atoms with van der Waals surface area (Å²) in [5, 5.41) is 4.22. The zero-order chi connectivity index (χ0) is 18.0. The molecule has 2 saturated heterocycles. The summed E-state index contributed by atoms with van der Waals surface area (Å²) in [6.07, 6.45) is 0. The summed E-state index contributed by atoms with van der Waals surface area (Å²) in [5.74, 6) is -0.431. The largest absolute Gasteiger partial charge is 0.377 e. The number of halogens is 1. The molecule has 0 radical (unpaired) electrons. The Balaban J connectivity index is 1.53. The van der Waals surface area contributed by atoms with E-state index < -0.39 is 5.60 Å². The molecule has 5 nitrogen and oxygen atoms in total. The SMILES string of the molecule is O=C1CO[C@]2(COCCN(Cc3ccsc3)C2)CN1c1ccc(F)cc1. The number of rotatable bonds is 3. The van der Waals surface area contributed by atoms with Gasteiger partial charge in [0.05, 0.1) is 19.8 Å². The predicted molar refractivity (Wildman–Crippen MR) is 97.9 cm³/mol. The Hall–Kier alpha value is -1.80. The highest BCUT2D eigenvalue weighted by Gasteiger charge is 2.43. The molecule has 1 atom stereocenters. The van der Waals surface area contributed by atoms with Crippen molar-refractivity contribution in [2.75, 3.05) is 44.4 Å². The average Bonchev–Trinajstić information content (AvgIpc) is 3.07. The zero-order valence-electron chi connectivity index (χ0n) is 14.4. The molecule has 0 bridgehead atoms. The second-order valence-corrected chi connectivity index (χ2v) is 7.60. The minimum atomic E-state index is -0.575. The van der Waals surface area contributed by atoms with E-state index in [9.17, 15) is 9.18 Å². The fraction of sp³-hybridized carbons (Fsp3) is 0.421. The minimum absolute atomic E-state index is 0.00697. The second kappa shape index (κ2) is 7.44. The molecule has 138 valence electrons. The number of hydrogen-bond donors (Lipinski definition) is 0. The Kier molecular flexibility index (Phi) is 5.04. The quantitative estimate of drug-likeness (QED) is 0.826. The fourth-order valence-electron chi connectivity index (χ4n) is 3.51. The van der Waals surface area contributed by atoms with Gasteiger partial charge in [-0.3, -0.25) is 9.69 Å². The van der Waals surface area contributed by atoms with Gasteiger partial charge >= 0.3 is 0 Å². The lowest BCUT2D eigenvalue weighted by Gasteiger charge is -2.43. The highest BCUT2D eigenvalue weighted by Crippen LogP contribution is 2.28. The van der Waals surface area contributed by atoms with Gasteiger partial charge in [-0.25, -0.2) is 4.39 Å². The Bertz CT molecular complexity index is 753. The van der Waals surface area contributed by atoms with Crippen LogP contribution in [0.1, 0.15) is 5.56 Å². The summed E-state index contributed by atoms with van der Waals surface area (Å²) in [4.78, 5) is 16.4. The van der Waals surface area contributed by atoms with Crippen LogP contribution in [0.25, 0.3) is 0 Å². The van der Waals surface area contributed by atoms with Crippen LogP contribution in [0.3, 0.4) is 0 Å². The molecule has 1 spiro atoms. The first kappa shape index (κ1) is 17.6. The molecule has 2 aliphatic heterocycles. The number of carbonyl (C=O) groups is 1. The van der Waals surface area contributed by atoms with Gasteiger partial charge in [0, 0.05) is 25.3 Å². The van der Waals surface area contributed by atoms with Crippen LogP contribution in [-0.2, 0) is 20.8 Å². The molecule has 3 heterocycles. The van der Waals surface area contributed by atoms with Gasteiger partial charge in [-0.2, -0.15) is 11.3 Å². The Morgan fingerprint density at radius 2 is 2.04 bits per heavy atom. The first-order chi connectivity index (χ1) is 12.6. The molecule has 7 heteroatoms. The summed E-state index contributed by atoms with van der Waals surface area (Å²) in [5.41, 5.74) is 1.39. The van der Waals surface area contributed by atoms with Crippen molar-refractivity contribution >= 4 is 22.9 Å².